The number of aliphatic hydroxyl groups excluding tert-OH is 1. The molecule has 0 saturated carbocycles. The number of hydrogen-bond donors (Lipinski definition) is 2. The van der Waals surface area contributed by atoms with E-state index >= 15 is 0 Å². The van der Waals surface area contributed by atoms with Gasteiger partial charge in [0.2, 0.25) is 0 Å². The number of ether oxygens (including phenoxy) is 2. The van der Waals surface area contributed by atoms with Crippen LogP contribution in [0.25, 0.3) is 16.5 Å². The van der Waals surface area contributed by atoms with Crippen molar-refractivity contribution < 1.29 is 24.2 Å². The molecule has 1 spiro atoms. The van der Waals surface area contributed by atoms with Crippen LogP contribution in [-0.4, -0.2) is 68.7 Å². The van der Waals surface area contributed by atoms with Crippen LogP contribution in [0.15, 0.2) is 83.9 Å². The monoisotopic (exact) mass is 680 g/mol. The van der Waals surface area contributed by atoms with Crippen molar-refractivity contribution in [3.05, 3.63) is 106 Å². The average Bonchev–Trinajstić information content (AvgIpc) is 3.74. The highest BCUT2D eigenvalue weighted by Crippen LogP contribution is 2.60. The Hall–Kier alpha value is -4.69. The lowest BCUT2D eigenvalue weighted by Gasteiger charge is -2.32. The summed E-state index contributed by atoms with van der Waals surface area (Å²) < 4.78 is 15.7. The molecule has 254 valence electrons. The predicted octanol–water partition coefficient (Wildman–Crippen LogP) is 3.96. The fourth-order valence-electron chi connectivity index (χ4n) is 7.79. The first-order valence-corrected chi connectivity index (χ1v) is 19.5. The molecule has 49 heavy (non-hydrogen) atoms. The predicted molar refractivity (Wildman–Crippen MR) is 186 cm³/mol. The second-order valence-electron chi connectivity index (χ2n) is 13.5. The highest BCUT2D eigenvalue weighted by Gasteiger charge is 2.66. The van der Waals surface area contributed by atoms with Gasteiger partial charge in [0.15, 0.2) is 13.9 Å². The second kappa shape index (κ2) is 12.6. The van der Waals surface area contributed by atoms with Gasteiger partial charge >= 0.3 is 0 Å². The number of hydrogen-bond acceptors (Lipinski definition) is 9. The van der Waals surface area contributed by atoms with Gasteiger partial charge in [0, 0.05) is 48.2 Å². The standard InChI is InChI=1S/C36H40N6O6Si/c1-23-33(49(3,4)46)32(14-16-40-22-26(15-17-43)38-39-40)48-36(23)30-19-28(47-2)12-13-31(30)41(35(36)45)21-24-8-7-10-27(18-24)42-34(44)29-11-6-5-9-25(29)20-37-42/h5-13,18-20,22-23,32-33,43,46H,14-17,21H2,1-4H3/t23-,32+,33-,36+/m1/s1. The van der Waals surface area contributed by atoms with Gasteiger partial charge in [-0.25, -0.2) is 0 Å². The minimum atomic E-state index is -2.87. The number of methoxy groups -OCH3 is 1. The molecular weight excluding hydrogens is 641 g/mol. The van der Waals surface area contributed by atoms with Crippen molar-refractivity contribution in [1.29, 1.82) is 0 Å². The van der Waals surface area contributed by atoms with Gasteiger partial charge < -0.3 is 24.3 Å². The number of amides is 1. The van der Waals surface area contributed by atoms with E-state index in [1.165, 1.54) is 4.68 Å². The van der Waals surface area contributed by atoms with E-state index in [1.807, 2.05) is 80.7 Å². The average molecular weight is 681 g/mol. The quantitative estimate of drug-likeness (QED) is 0.210. The van der Waals surface area contributed by atoms with E-state index < -0.39 is 20.0 Å². The molecule has 7 rings (SSSR count). The van der Waals surface area contributed by atoms with Gasteiger partial charge in [0.25, 0.3) is 11.5 Å². The van der Waals surface area contributed by atoms with Gasteiger partial charge in [-0.3, -0.25) is 14.3 Å². The lowest BCUT2D eigenvalue weighted by Crippen LogP contribution is -2.46. The van der Waals surface area contributed by atoms with E-state index in [4.69, 9.17) is 9.47 Å². The van der Waals surface area contributed by atoms with E-state index in [0.29, 0.717) is 53.2 Å². The third-order valence-corrected chi connectivity index (χ3v) is 12.5. The van der Waals surface area contributed by atoms with Crippen LogP contribution in [0.4, 0.5) is 5.69 Å². The molecular formula is C36H40N6O6Si. The fraction of sp³-hybridized carbons (Fsp3) is 0.361. The van der Waals surface area contributed by atoms with Crippen LogP contribution in [0, 0.1) is 5.92 Å². The Morgan fingerprint density at radius 1 is 1.06 bits per heavy atom. The lowest BCUT2D eigenvalue weighted by atomic mass is 9.82. The van der Waals surface area contributed by atoms with E-state index in [2.05, 4.69) is 15.4 Å². The van der Waals surface area contributed by atoms with Crippen LogP contribution in [0.3, 0.4) is 0 Å². The Labute approximate surface area is 284 Å². The minimum Gasteiger partial charge on any atom is -0.497 e. The summed E-state index contributed by atoms with van der Waals surface area (Å²) in [7, 11) is -1.28. The molecule has 2 N–H and O–H groups in total. The number of aromatic nitrogens is 5. The minimum absolute atomic E-state index is 0.0124. The highest BCUT2D eigenvalue weighted by atomic mass is 28.4. The van der Waals surface area contributed by atoms with Gasteiger partial charge in [0.05, 0.1) is 48.4 Å². The Balaban J connectivity index is 1.24. The number of carbonyl (C=O) groups excluding carboxylic acids is 1. The van der Waals surface area contributed by atoms with Gasteiger partial charge in [-0.2, -0.15) is 9.78 Å². The number of aliphatic hydroxyl groups is 1. The fourth-order valence-corrected chi connectivity index (χ4v) is 10.4. The zero-order valence-corrected chi connectivity index (χ0v) is 29.0. The van der Waals surface area contributed by atoms with Crippen molar-refractivity contribution in [1.82, 2.24) is 24.8 Å². The van der Waals surface area contributed by atoms with Crippen LogP contribution in [-0.2, 0) is 34.6 Å². The summed E-state index contributed by atoms with van der Waals surface area (Å²) in [6.45, 7) is 6.50. The maximum absolute atomic E-state index is 14.9. The number of fused-ring (bicyclic) bond motifs is 3. The molecule has 1 amide bonds. The van der Waals surface area contributed by atoms with Gasteiger partial charge in [-0.15, -0.1) is 5.10 Å². The summed E-state index contributed by atoms with van der Waals surface area (Å²) in [5.41, 5.74) is 1.71. The van der Waals surface area contributed by atoms with E-state index in [1.54, 1.807) is 35.2 Å². The Morgan fingerprint density at radius 2 is 1.88 bits per heavy atom. The van der Waals surface area contributed by atoms with Crippen LogP contribution < -0.4 is 15.2 Å². The molecule has 1 fully saturated rings. The van der Waals surface area contributed by atoms with Crippen LogP contribution >= 0.6 is 0 Å². The summed E-state index contributed by atoms with van der Waals surface area (Å²) in [6.07, 6.45) is 3.98. The normalized spacial score (nSPS) is 22.0. The van der Waals surface area contributed by atoms with Gasteiger partial charge in [0.1, 0.15) is 5.75 Å². The topological polar surface area (TPSA) is 145 Å². The highest BCUT2D eigenvalue weighted by molar-refractivity contribution is 6.71. The largest absolute Gasteiger partial charge is 0.497 e. The zero-order chi connectivity index (χ0) is 34.5. The van der Waals surface area contributed by atoms with Crippen LogP contribution in [0.5, 0.6) is 5.75 Å². The molecule has 2 aliphatic heterocycles. The van der Waals surface area contributed by atoms with Crippen molar-refractivity contribution in [2.45, 2.75) is 63.2 Å². The first-order valence-electron chi connectivity index (χ1n) is 16.5. The molecule has 12 nitrogen and oxygen atoms in total. The summed E-state index contributed by atoms with van der Waals surface area (Å²) in [4.78, 5) is 41.6. The number of aryl methyl sites for hydroxylation is 1. The Bertz CT molecular complexity index is 2090. The molecule has 13 heteroatoms. The SMILES string of the molecule is COc1ccc2c(c1)[C@]1(O[C@@H](CCn3cc(CCO)nn3)[C@H]([Si](C)(C)O)[C@H]1C)C(=O)N2Cc1cccc(-n2ncc3ccccc3c2=O)c1. The first-order chi connectivity index (χ1) is 23.5. The maximum Gasteiger partial charge on any atom is 0.279 e. The first kappa shape index (κ1) is 32.8. The maximum atomic E-state index is 14.9. The van der Waals surface area contributed by atoms with Crippen LogP contribution in [0.2, 0.25) is 18.6 Å². The molecule has 2 aromatic heterocycles. The second-order valence-corrected chi connectivity index (χ2v) is 17.5. The molecule has 0 radical (unpaired) electrons. The third kappa shape index (κ3) is 5.66. The molecule has 2 aliphatic rings. The molecule has 4 atom stereocenters. The van der Waals surface area contributed by atoms with Crippen molar-refractivity contribution in [3.8, 4) is 11.4 Å². The molecule has 0 unspecified atom stereocenters. The number of benzene rings is 3. The van der Waals surface area contributed by atoms with Crippen LogP contribution in [0.1, 0.15) is 30.2 Å². The van der Waals surface area contributed by atoms with Gasteiger partial charge in [-0.1, -0.05) is 42.5 Å². The molecule has 0 bridgehead atoms. The molecule has 5 aromatic rings. The van der Waals surface area contributed by atoms with E-state index in [0.717, 1.165) is 10.9 Å². The Kier molecular flexibility index (Phi) is 8.47. The van der Waals surface area contributed by atoms with E-state index in [9.17, 15) is 19.5 Å². The lowest BCUT2D eigenvalue weighted by molar-refractivity contribution is -0.146. The number of carbonyl (C=O) groups is 1. The zero-order valence-electron chi connectivity index (χ0n) is 28.0. The number of anilines is 1. The van der Waals surface area contributed by atoms with Crippen molar-refractivity contribution in [3.63, 3.8) is 0 Å². The molecule has 3 aromatic carbocycles. The van der Waals surface area contributed by atoms with Crippen molar-refractivity contribution >= 4 is 30.7 Å². The smallest absolute Gasteiger partial charge is 0.279 e. The third-order valence-electron chi connectivity index (χ3n) is 9.98. The summed E-state index contributed by atoms with van der Waals surface area (Å²) in [6, 6.07) is 20.4. The number of nitrogens with zero attached hydrogens (tertiary/aromatic N) is 6. The Morgan fingerprint density at radius 3 is 2.65 bits per heavy atom. The van der Waals surface area contributed by atoms with E-state index in [-0.39, 0.29) is 36.1 Å². The van der Waals surface area contributed by atoms with Gasteiger partial charge in [-0.05, 0) is 61.5 Å². The summed E-state index contributed by atoms with van der Waals surface area (Å²) in [5, 5.41) is 23.4. The molecule has 0 aliphatic carbocycles. The van der Waals surface area contributed by atoms with Crippen molar-refractivity contribution in [2.24, 2.45) is 5.92 Å². The number of rotatable bonds is 10. The summed E-state index contributed by atoms with van der Waals surface area (Å²) >= 11 is 0. The summed E-state index contributed by atoms with van der Waals surface area (Å²) in [5.74, 6) is 0.0539. The van der Waals surface area contributed by atoms with Crippen molar-refractivity contribution in [2.75, 3.05) is 18.6 Å². The molecule has 4 heterocycles. The molecule has 1 saturated heterocycles.